The van der Waals surface area contributed by atoms with Crippen molar-refractivity contribution in [2.24, 2.45) is 5.92 Å². The Labute approximate surface area is 130 Å². The minimum Gasteiger partial charge on any atom is -0.395 e. The molecular weight excluding hydrogens is 286 g/mol. The Morgan fingerprint density at radius 3 is 2.90 bits per heavy atom. The van der Waals surface area contributed by atoms with E-state index in [4.69, 9.17) is 9.84 Å². The van der Waals surface area contributed by atoms with Crippen molar-refractivity contribution < 1.29 is 14.6 Å². The molecule has 0 fully saturated rings. The molecule has 0 aliphatic carbocycles. The summed E-state index contributed by atoms with van der Waals surface area (Å²) in [7, 11) is 0. The van der Waals surface area contributed by atoms with Gasteiger partial charge in [-0.25, -0.2) is 0 Å². The highest BCUT2D eigenvalue weighted by atomic mass is 32.1. The fourth-order valence-corrected chi connectivity index (χ4v) is 2.43. The van der Waals surface area contributed by atoms with Gasteiger partial charge in [0.05, 0.1) is 19.3 Å². The van der Waals surface area contributed by atoms with Crippen molar-refractivity contribution >= 4 is 17.2 Å². The maximum Gasteiger partial charge on any atom is 0.262 e. The summed E-state index contributed by atoms with van der Waals surface area (Å²) in [5, 5.41) is 13.6. The van der Waals surface area contributed by atoms with E-state index < -0.39 is 0 Å². The van der Waals surface area contributed by atoms with Crippen LogP contribution >= 0.6 is 11.3 Å². The van der Waals surface area contributed by atoms with E-state index in [1.165, 1.54) is 11.3 Å². The van der Waals surface area contributed by atoms with Gasteiger partial charge in [-0.2, -0.15) is 0 Å². The van der Waals surface area contributed by atoms with Gasteiger partial charge in [0.1, 0.15) is 4.88 Å². The Balaban J connectivity index is 2.75. The lowest BCUT2D eigenvalue weighted by atomic mass is 10.1. The molecule has 1 rings (SSSR count). The molecular formula is C16H23NO3S. The minimum atomic E-state index is -0.114. The predicted octanol–water partition coefficient (Wildman–Crippen LogP) is 2.27. The lowest BCUT2D eigenvalue weighted by Gasteiger charge is -2.21. The van der Waals surface area contributed by atoms with Crippen LogP contribution < -0.4 is 5.32 Å². The maximum absolute atomic E-state index is 12.4. The fourth-order valence-electron chi connectivity index (χ4n) is 1.68. The van der Waals surface area contributed by atoms with Crippen LogP contribution in [0.1, 0.15) is 42.4 Å². The van der Waals surface area contributed by atoms with Crippen molar-refractivity contribution in [3.8, 4) is 11.8 Å². The van der Waals surface area contributed by atoms with Gasteiger partial charge in [-0.1, -0.05) is 25.7 Å². The SMILES string of the molecule is CCOCC(NC(=O)c1sccc1C#CCCO)C(C)C. The van der Waals surface area contributed by atoms with Crippen LogP contribution in [-0.2, 0) is 4.74 Å². The summed E-state index contributed by atoms with van der Waals surface area (Å²) in [6, 6.07) is 1.81. The number of rotatable bonds is 7. The number of nitrogens with one attached hydrogen (secondary N) is 1. The molecule has 0 aromatic carbocycles. The van der Waals surface area contributed by atoms with Crippen molar-refractivity contribution in [2.45, 2.75) is 33.2 Å². The number of carbonyl (C=O) groups excluding carboxylic acids is 1. The van der Waals surface area contributed by atoms with Crippen LogP contribution in [0.2, 0.25) is 0 Å². The maximum atomic E-state index is 12.4. The molecule has 21 heavy (non-hydrogen) atoms. The Bertz CT molecular complexity index is 499. The lowest BCUT2D eigenvalue weighted by molar-refractivity contribution is 0.0809. The number of aliphatic hydroxyl groups is 1. The number of ether oxygens (including phenoxy) is 1. The van der Waals surface area contributed by atoms with Crippen molar-refractivity contribution in [3.63, 3.8) is 0 Å². The standard InChI is InChI=1S/C16H23NO3S/c1-4-20-11-14(12(2)3)17-16(19)15-13(8-10-21-15)7-5-6-9-18/h8,10,12,14,18H,4,6,9,11H2,1-3H3,(H,17,19). The third-order valence-corrected chi connectivity index (χ3v) is 3.87. The van der Waals surface area contributed by atoms with E-state index in [-0.39, 0.29) is 18.6 Å². The summed E-state index contributed by atoms with van der Waals surface area (Å²) >= 11 is 1.38. The lowest BCUT2D eigenvalue weighted by Crippen LogP contribution is -2.41. The molecule has 116 valence electrons. The van der Waals surface area contributed by atoms with E-state index in [0.717, 1.165) is 0 Å². The zero-order chi connectivity index (χ0) is 15.7. The highest BCUT2D eigenvalue weighted by Crippen LogP contribution is 2.16. The van der Waals surface area contributed by atoms with E-state index >= 15 is 0 Å². The molecule has 0 bridgehead atoms. The Hall–Kier alpha value is -1.35. The summed E-state index contributed by atoms with van der Waals surface area (Å²) in [4.78, 5) is 13.0. The Morgan fingerprint density at radius 2 is 2.29 bits per heavy atom. The van der Waals surface area contributed by atoms with Crippen LogP contribution in [0.3, 0.4) is 0 Å². The van der Waals surface area contributed by atoms with Crippen molar-refractivity contribution in [1.82, 2.24) is 5.32 Å². The molecule has 0 aliphatic heterocycles. The summed E-state index contributed by atoms with van der Waals surface area (Å²) in [5.74, 6) is 5.96. The summed E-state index contributed by atoms with van der Waals surface area (Å²) in [6.45, 7) is 7.23. The number of thiophene rings is 1. The molecule has 0 aliphatic rings. The molecule has 0 spiro atoms. The molecule has 2 N–H and O–H groups in total. The highest BCUT2D eigenvalue weighted by molar-refractivity contribution is 7.12. The monoisotopic (exact) mass is 309 g/mol. The normalized spacial score (nSPS) is 11.9. The first-order valence-corrected chi connectivity index (χ1v) is 8.03. The third-order valence-electron chi connectivity index (χ3n) is 2.95. The first-order chi connectivity index (χ1) is 10.1. The van der Waals surface area contributed by atoms with Crippen LogP contribution in [0, 0.1) is 17.8 Å². The number of amides is 1. The summed E-state index contributed by atoms with van der Waals surface area (Å²) in [6.07, 6.45) is 0.413. The van der Waals surface area contributed by atoms with E-state index in [2.05, 4.69) is 31.0 Å². The smallest absolute Gasteiger partial charge is 0.262 e. The number of hydrogen-bond acceptors (Lipinski definition) is 4. The first kappa shape index (κ1) is 17.7. The molecule has 1 unspecified atom stereocenters. The molecule has 1 aromatic rings. The molecule has 4 nitrogen and oxygen atoms in total. The number of hydrogen-bond donors (Lipinski definition) is 2. The van der Waals surface area contributed by atoms with Gasteiger partial charge < -0.3 is 15.2 Å². The van der Waals surface area contributed by atoms with Gasteiger partial charge in [-0.15, -0.1) is 11.3 Å². The van der Waals surface area contributed by atoms with Crippen molar-refractivity contribution in [1.29, 1.82) is 0 Å². The van der Waals surface area contributed by atoms with E-state index in [1.807, 2.05) is 18.4 Å². The van der Waals surface area contributed by atoms with Crippen LogP contribution in [0.5, 0.6) is 0 Å². The Morgan fingerprint density at radius 1 is 1.52 bits per heavy atom. The average Bonchev–Trinajstić information content (AvgIpc) is 2.91. The zero-order valence-corrected chi connectivity index (χ0v) is 13.6. The van der Waals surface area contributed by atoms with Gasteiger partial charge in [-0.05, 0) is 24.3 Å². The van der Waals surface area contributed by atoms with Crippen LogP contribution in [0.4, 0.5) is 0 Å². The molecule has 0 radical (unpaired) electrons. The van der Waals surface area contributed by atoms with Gasteiger partial charge in [0, 0.05) is 18.6 Å². The van der Waals surface area contributed by atoms with Crippen molar-refractivity contribution in [3.05, 3.63) is 21.9 Å². The molecule has 1 aromatic heterocycles. The summed E-state index contributed by atoms with van der Waals surface area (Å²) in [5.41, 5.74) is 0.713. The van der Waals surface area contributed by atoms with Crippen LogP contribution in [0.25, 0.3) is 0 Å². The predicted molar refractivity (Wildman–Crippen MR) is 85.5 cm³/mol. The largest absolute Gasteiger partial charge is 0.395 e. The second-order valence-corrected chi connectivity index (χ2v) is 5.84. The van der Waals surface area contributed by atoms with E-state index in [9.17, 15) is 4.79 Å². The Kier molecular flexibility index (Phi) is 8.06. The third kappa shape index (κ3) is 5.88. The zero-order valence-electron chi connectivity index (χ0n) is 12.8. The van der Waals surface area contributed by atoms with Crippen LogP contribution in [-0.4, -0.2) is 36.9 Å². The molecule has 1 atom stereocenters. The molecule has 1 heterocycles. The molecule has 1 amide bonds. The topological polar surface area (TPSA) is 58.6 Å². The quantitative estimate of drug-likeness (QED) is 0.760. The minimum absolute atomic E-state index is 0.0159. The second-order valence-electron chi connectivity index (χ2n) is 4.92. The molecule has 0 saturated carbocycles. The summed E-state index contributed by atoms with van der Waals surface area (Å²) < 4.78 is 5.42. The fraction of sp³-hybridized carbons (Fsp3) is 0.562. The number of aliphatic hydroxyl groups excluding tert-OH is 1. The molecule has 0 saturated heterocycles. The van der Waals surface area contributed by atoms with Crippen molar-refractivity contribution in [2.75, 3.05) is 19.8 Å². The van der Waals surface area contributed by atoms with Gasteiger partial charge in [0.25, 0.3) is 5.91 Å². The first-order valence-electron chi connectivity index (χ1n) is 7.16. The van der Waals surface area contributed by atoms with Gasteiger partial charge in [-0.3, -0.25) is 4.79 Å². The van der Waals surface area contributed by atoms with Gasteiger partial charge in [0.2, 0.25) is 0 Å². The average molecular weight is 309 g/mol. The van der Waals surface area contributed by atoms with Gasteiger partial charge >= 0.3 is 0 Å². The molecule has 5 heteroatoms. The number of carbonyl (C=O) groups is 1. The van der Waals surface area contributed by atoms with Gasteiger partial charge in [0.15, 0.2) is 0 Å². The van der Waals surface area contributed by atoms with E-state index in [1.54, 1.807) is 0 Å². The van der Waals surface area contributed by atoms with Crippen LogP contribution in [0.15, 0.2) is 11.4 Å². The second kappa shape index (κ2) is 9.56. The van der Waals surface area contributed by atoms with E-state index in [0.29, 0.717) is 36.0 Å². The highest BCUT2D eigenvalue weighted by Gasteiger charge is 2.19.